The number of halogens is 1. The van der Waals surface area contributed by atoms with E-state index in [1.54, 1.807) is 12.3 Å². The first-order chi connectivity index (χ1) is 7.27. The molecule has 0 saturated carbocycles. The maximum Gasteiger partial charge on any atom is 0.230 e. The molecule has 0 aliphatic rings. The molecule has 0 N–H and O–H groups in total. The van der Waals surface area contributed by atoms with Crippen LogP contribution in [0.3, 0.4) is 0 Å². The zero-order valence-electron chi connectivity index (χ0n) is 7.85. The molecule has 2 rings (SSSR count). The number of thiophene rings is 1. The zero-order valence-corrected chi connectivity index (χ0v) is 9.42. The van der Waals surface area contributed by atoms with Crippen molar-refractivity contribution in [2.24, 2.45) is 0 Å². The summed E-state index contributed by atoms with van der Waals surface area (Å²) in [6.07, 6.45) is 2.12. The summed E-state index contributed by atoms with van der Waals surface area (Å²) in [6, 6.07) is 7.48. The van der Waals surface area contributed by atoms with Crippen LogP contribution >= 0.6 is 22.9 Å². The van der Waals surface area contributed by atoms with Gasteiger partial charge in [0, 0.05) is 11.3 Å². The highest BCUT2D eigenvalue weighted by atomic mass is 35.5. The minimum Gasteiger partial charge on any atom is -0.469 e. The van der Waals surface area contributed by atoms with Gasteiger partial charge in [-0.1, -0.05) is 6.07 Å². The van der Waals surface area contributed by atoms with Crippen LogP contribution in [0, 0.1) is 0 Å². The summed E-state index contributed by atoms with van der Waals surface area (Å²) in [6.45, 7) is 0. The van der Waals surface area contributed by atoms with Crippen LogP contribution in [-0.2, 0) is 11.2 Å². The zero-order chi connectivity index (χ0) is 10.7. The van der Waals surface area contributed by atoms with Crippen molar-refractivity contribution in [3.8, 4) is 0 Å². The molecule has 0 amide bonds. The molecule has 0 spiro atoms. The number of furan rings is 1. The van der Waals surface area contributed by atoms with Gasteiger partial charge in [-0.3, -0.25) is 4.79 Å². The topological polar surface area (TPSA) is 30.2 Å². The normalized spacial score (nSPS) is 12.6. The van der Waals surface area contributed by atoms with Crippen molar-refractivity contribution in [2.45, 2.75) is 12.3 Å². The fourth-order valence-electron chi connectivity index (χ4n) is 1.41. The van der Waals surface area contributed by atoms with Gasteiger partial charge in [-0.25, -0.2) is 0 Å². The number of hydrogen-bond donors (Lipinski definition) is 0. The minimum absolute atomic E-state index is 0.294. The molecule has 2 aromatic rings. The lowest BCUT2D eigenvalue weighted by atomic mass is 10.0. The van der Waals surface area contributed by atoms with Crippen LogP contribution in [0.2, 0.25) is 0 Å². The quantitative estimate of drug-likeness (QED) is 0.767. The molecule has 1 atom stereocenters. The molecular weight excluding hydrogens is 232 g/mol. The van der Waals surface area contributed by atoms with E-state index in [0.717, 1.165) is 10.6 Å². The van der Waals surface area contributed by atoms with Crippen LogP contribution in [0.5, 0.6) is 0 Å². The molecule has 2 aromatic heterocycles. The summed E-state index contributed by atoms with van der Waals surface area (Å²) in [5, 5.41) is 1.60. The molecule has 0 fully saturated rings. The number of carbonyl (C=O) groups excluding carboxylic acids is 1. The first kappa shape index (κ1) is 10.5. The van der Waals surface area contributed by atoms with E-state index < -0.39 is 0 Å². The van der Waals surface area contributed by atoms with Crippen LogP contribution in [0.15, 0.2) is 40.3 Å². The molecule has 0 aliphatic carbocycles. The highest BCUT2D eigenvalue weighted by Gasteiger charge is 2.21. The van der Waals surface area contributed by atoms with Gasteiger partial charge in [0.15, 0.2) is 0 Å². The third-order valence-electron chi connectivity index (χ3n) is 2.15. The van der Waals surface area contributed by atoms with Crippen LogP contribution in [0.4, 0.5) is 0 Å². The predicted octanol–water partition coefficient (Wildman–Crippen LogP) is 3.43. The van der Waals surface area contributed by atoms with Crippen molar-refractivity contribution in [1.82, 2.24) is 0 Å². The average Bonchev–Trinajstić information content (AvgIpc) is 2.87. The van der Waals surface area contributed by atoms with Gasteiger partial charge < -0.3 is 4.42 Å². The van der Waals surface area contributed by atoms with Gasteiger partial charge in [-0.15, -0.1) is 11.3 Å². The summed E-state index contributed by atoms with van der Waals surface area (Å²) in [5.41, 5.74) is 0. The van der Waals surface area contributed by atoms with Gasteiger partial charge in [0.1, 0.15) is 5.76 Å². The van der Waals surface area contributed by atoms with Crippen molar-refractivity contribution in [3.05, 3.63) is 46.5 Å². The molecule has 15 heavy (non-hydrogen) atoms. The second-order valence-electron chi connectivity index (χ2n) is 3.16. The van der Waals surface area contributed by atoms with Gasteiger partial charge in [0.25, 0.3) is 0 Å². The minimum atomic E-state index is -0.339. The van der Waals surface area contributed by atoms with Gasteiger partial charge in [-0.2, -0.15) is 0 Å². The molecular formula is C11H9ClO2S. The molecule has 0 aromatic carbocycles. The number of rotatable bonds is 4. The molecule has 0 radical (unpaired) electrons. The van der Waals surface area contributed by atoms with Crippen molar-refractivity contribution >= 4 is 28.2 Å². The van der Waals surface area contributed by atoms with Gasteiger partial charge in [0.05, 0.1) is 12.2 Å². The second-order valence-corrected chi connectivity index (χ2v) is 4.51. The van der Waals surface area contributed by atoms with Crippen LogP contribution in [0.1, 0.15) is 16.6 Å². The summed E-state index contributed by atoms with van der Waals surface area (Å²) in [5.74, 6) is 0.486. The lowest BCUT2D eigenvalue weighted by Gasteiger charge is -2.07. The monoisotopic (exact) mass is 240 g/mol. The molecule has 78 valence electrons. The largest absolute Gasteiger partial charge is 0.469 e. The van der Waals surface area contributed by atoms with Crippen LogP contribution < -0.4 is 0 Å². The van der Waals surface area contributed by atoms with E-state index in [1.807, 2.05) is 23.6 Å². The third kappa shape index (κ3) is 2.49. The maximum atomic E-state index is 11.3. The van der Waals surface area contributed by atoms with E-state index in [9.17, 15) is 4.79 Å². The lowest BCUT2D eigenvalue weighted by molar-refractivity contribution is -0.113. The maximum absolute atomic E-state index is 11.3. The Kier molecular flexibility index (Phi) is 3.23. The molecule has 1 unspecified atom stereocenters. The summed E-state index contributed by atoms with van der Waals surface area (Å²) >= 11 is 7.11. The Morgan fingerprint density at radius 3 is 2.87 bits per heavy atom. The molecule has 0 aliphatic heterocycles. The standard InChI is InChI=1S/C11H9ClO2S/c12-11(13)9(10-4-2-6-15-10)7-8-3-1-5-14-8/h1-6,9H,7H2. The van der Waals surface area contributed by atoms with Crippen LogP contribution in [0.25, 0.3) is 0 Å². The Morgan fingerprint density at radius 2 is 2.33 bits per heavy atom. The van der Waals surface area contributed by atoms with E-state index in [2.05, 4.69) is 0 Å². The first-order valence-electron chi connectivity index (χ1n) is 4.52. The van der Waals surface area contributed by atoms with E-state index in [0.29, 0.717) is 6.42 Å². The van der Waals surface area contributed by atoms with E-state index in [-0.39, 0.29) is 11.2 Å². The third-order valence-corrected chi connectivity index (χ3v) is 3.40. The Morgan fingerprint density at radius 1 is 1.47 bits per heavy atom. The van der Waals surface area contributed by atoms with E-state index in [1.165, 1.54) is 11.3 Å². The van der Waals surface area contributed by atoms with Crippen molar-refractivity contribution in [3.63, 3.8) is 0 Å². The van der Waals surface area contributed by atoms with Gasteiger partial charge >= 0.3 is 0 Å². The van der Waals surface area contributed by atoms with Gasteiger partial charge in [0.2, 0.25) is 5.24 Å². The average molecular weight is 241 g/mol. The smallest absolute Gasteiger partial charge is 0.230 e. The highest BCUT2D eigenvalue weighted by Crippen LogP contribution is 2.27. The van der Waals surface area contributed by atoms with Crippen molar-refractivity contribution in [1.29, 1.82) is 0 Å². The summed E-state index contributed by atoms with van der Waals surface area (Å²) < 4.78 is 5.21. The molecule has 2 heterocycles. The second kappa shape index (κ2) is 4.64. The molecule has 0 saturated heterocycles. The Balaban J connectivity index is 2.18. The number of hydrogen-bond acceptors (Lipinski definition) is 3. The Labute approximate surface area is 96.5 Å². The summed E-state index contributed by atoms with van der Waals surface area (Å²) in [4.78, 5) is 12.3. The number of carbonyl (C=O) groups is 1. The Bertz CT molecular complexity index is 419. The highest BCUT2D eigenvalue weighted by molar-refractivity contribution is 7.10. The van der Waals surface area contributed by atoms with E-state index in [4.69, 9.17) is 16.0 Å². The first-order valence-corrected chi connectivity index (χ1v) is 5.78. The van der Waals surface area contributed by atoms with Crippen molar-refractivity contribution in [2.75, 3.05) is 0 Å². The summed E-state index contributed by atoms with van der Waals surface area (Å²) in [7, 11) is 0. The van der Waals surface area contributed by atoms with Crippen LogP contribution in [-0.4, -0.2) is 5.24 Å². The lowest BCUT2D eigenvalue weighted by Crippen LogP contribution is -2.07. The SMILES string of the molecule is O=C(Cl)C(Cc1ccco1)c1cccs1. The fraction of sp³-hybridized carbons (Fsp3) is 0.182. The molecule has 2 nitrogen and oxygen atoms in total. The van der Waals surface area contributed by atoms with E-state index >= 15 is 0 Å². The predicted molar refractivity (Wildman–Crippen MR) is 60.3 cm³/mol. The van der Waals surface area contributed by atoms with Crippen molar-refractivity contribution < 1.29 is 9.21 Å². The Hall–Kier alpha value is -1.06. The van der Waals surface area contributed by atoms with Gasteiger partial charge in [-0.05, 0) is 35.2 Å². The molecule has 0 bridgehead atoms. The fourth-order valence-corrected chi connectivity index (χ4v) is 2.50. The molecule has 4 heteroatoms.